The van der Waals surface area contributed by atoms with Crippen LogP contribution < -0.4 is 5.63 Å². The first kappa shape index (κ1) is 8.55. The molecular weight excluding hydrogens is 186 g/mol. The minimum Gasteiger partial charge on any atom is -0.465 e. The van der Waals surface area contributed by atoms with E-state index in [9.17, 15) is 9.59 Å². The van der Waals surface area contributed by atoms with Crippen LogP contribution in [0.1, 0.15) is 10.4 Å². The fourth-order valence-corrected chi connectivity index (χ4v) is 1.29. The van der Waals surface area contributed by atoms with Crippen molar-refractivity contribution in [3.8, 4) is 0 Å². The number of ether oxygens (including phenoxy) is 1. The quantitative estimate of drug-likeness (QED) is 0.683. The molecule has 0 spiro atoms. The Labute approximate surface area is 78.2 Å². The van der Waals surface area contributed by atoms with Gasteiger partial charge in [0.15, 0.2) is 0 Å². The normalized spacial score (nSPS) is 10.4. The van der Waals surface area contributed by atoms with E-state index >= 15 is 0 Å². The topological polar surface area (TPSA) is 72.3 Å². The number of fused-ring (bicyclic) bond motifs is 1. The van der Waals surface area contributed by atoms with Crippen molar-refractivity contribution in [1.82, 2.24) is 5.16 Å². The van der Waals surface area contributed by atoms with Gasteiger partial charge in [-0.25, -0.2) is 14.7 Å². The molecule has 0 atom stereocenters. The zero-order chi connectivity index (χ0) is 10.1. The Balaban J connectivity index is 2.82. The molecule has 5 heteroatoms. The molecule has 2 aromatic rings. The summed E-state index contributed by atoms with van der Waals surface area (Å²) in [5, 5.41) is 2.63. The monoisotopic (exact) mass is 193 g/mol. The molecule has 0 radical (unpaired) electrons. The average molecular weight is 193 g/mol. The van der Waals surface area contributed by atoms with E-state index in [1.807, 2.05) is 0 Å². The lowest BCUT2D eigenvalue weighted by atomic mass is 10.1. The van der Waals surface area contributed by atoms with Gasteiger partial charge in [0.05, 0.1) is 18.2 Å². The zero-order valence-electron chi connectivity index (χ0n) is 7.37. The van der Waals surface area contributed by atoms with Crippen molar-refractivity contribution in [2.75, 3.05) is 7.11 Å². The number of H-pyrrole nitrogens is 1. The maximum atomic E-state index is 11.3. The lowest BCUT2D eigenvalue weighted by molar-refractivity contribution is 0.0603. The summed E-state index contributed by atoms with van der Waals surface area (Å²) >= 11 is 0. The van der Waals surface area contributed by atoms with Crippen LogP contribution >= 0.6 is 0 Å². The Kier molecular flexibility index (Phi) is 1.85. The molecule has 72 valence electrons. The van der Waals surface area contributed by atoms with Crippen LogP contribution in [0.15, 0.2) is 27.5 Å². The molecular formula is C9H7NO4. The molecule has 0 bridgehead atoms. The van der Waals surface area contributed by atoms with E-state index in [0.717, 1.165) is 0 Å². The SMILES string of the molecule is COC(=O)c1cccc2[nH]oc(=O)c12. The molecule has 0 fully saturated rings. The molecule has 1 aromatic heterocycles. The van der Waals surface area contributed by atoms with Crippen LogP contribution in [0.2, 0.25) is 0 Å². The van der Waals surface area contributed by atoms with E-state index in [1.165, 1.54) is 13.2 Å². The summed E-state index contributed by atoms with van der Waals surface area (Å²) in [4.78, 5) is 22.5. The van der Waals surface area contributed by atoms with Gasteiger partial charge in [0.25, 0.3) is 0 Å². The van der Waals surface area contributed by atoms with Gasteiger partial charge in [-0.2, -0.15) is 0 Å². The van der Waals surface area contributed by atoms with Crippen LogP contribution in [0.3, 0.4) is 0 Å². The lowest BCUT2D eigenvalue weighted by Crippen LogP contribution is -2.05. The minimum atomic E-state index is -0.569. The third-order valence-corrected chi connectivity index (χ3v) is 1.93. The molecule has 0 unspecified atom stereocenters. The highest BCUT2D eigenvalue weighted by molar-refractivity contribution is 6.02. The molecule has 14 heavy (non-hydrogen) atoms. The molecule has 0 aliphatic rings. The third-order valence-electron chi connectivity index (χ3n) is 1.93. The van der Waals surface area contributed by atoms with Crippen LogP contribution in [0.4, 0.5) is 0 Å². The zero-order valence-corrected chi connectivity index (χ0v) is 7.37. The van der Waals surface area contributed by atoms with Crippen molar-refractivity contribution in [3.05, 3.63) is 34.2 Å². The first-order valence-electron chi connectivity index (χ1n) is 3.92. The second-order valence-electron chi connectivity index (χ2n) is 2.71. The van der Waals surface area contributed by atoms with E-state index in [-0.39, 0.29) is 10.9 Å². The fraction of sp³-hybridized carbons (Fsp3) is 0.111. The van der Waals surface area contributed by atoms with Gasteiger partial charge >= 0.3 is 11.6 Å². The Bertz CT molecular complexity index is 537. The summed E-state index contributed by atoms with van der Waals surface area (Å²) in [6, 6.07) is 4.80. The highest BCUT2D eigenvalue weighted by atomic mass is 16.5. The number of hydrogen-bond acceptors (Lipinski definition) is 4. The highest BCUT2D eigenvalue weighted by Gasteiger charge is 2.14. The number of nitrogens with one attached hydrogen (secondary N) is 1. The highest BCUT2D eigenvalue weighted by Crippen LogP contribution is 2.13. The number of aromatic nitrogens is 1. The molecule has 1 N–H and O–H groups in total. The van der Waals surface area contributed by atoms with Crippen LogP contribution in [0.25, 0.3) is 10.9 Å². The van der Waals surface area contributed by atoms with Gasteiger partial charge in [-0.05, 0) is 12.1 Å². The third kappa shape index (κ3) is 1.10. The van der Waals surface area contributed by atoms with Crippen LogP contribution in [-0.4, -0.2) is 18.2 Å². The summed E-state index contributed by atoms with van der Waals surface area (Å²) in [6.45, 7) is 0. The summed E-state index contributed by atoms with van der Waals surface area (Å²) in [6.07, 6.45) is 0. The van der Waals surface area contributed by atoms with Crippen LogP contribution in [0, 0.1) is 0 Å². The Morgan fingerprint density at radius 3 is 3.00 bits per heavy atom. The summed E-state index contributed by atoms with van der Waals surface area (Å²) < 4.78 is 9.10. The number of esters is 1. The standard InChI is InChI=1S/C9H7NO4/c1-13-8(11)5-3-2-4-6-7(5)9(12)14-10-6/h2-4,10H,1H3. The van der Waals surface area contributed by atoms with Crippen molar-refractivity contribution in [3.63, 3.8) is 0 Å². The van der Waals surface area contributed by atoms with E-state index in [1.54, 1.807) is 12.1 Å². The van der Waals surface area contributed by atoms with Crippen LogP contribution in [-0.2, 0) is 4.74 Å². The van der Waals surface area contributed by atoms with E-state index in [4.69, 9.17) is 0 Å². The minimum absolute atomic E-state index is 0.208. The number of carbonyl (C=O) groups is 1. The molecule has 1 heterocycles. The number of rotatable bonds is 1. The van der Waals surface area contributed by atoms with Crippen molar-refractivity contribution >= 4 is 16.9 Å². The van der Waals surface area contributed by atoms with E-state index < -0.39 is 11.6 Å². The summed E-state index contributed by atoms with van der Waals surface area (Å²) in [5.41, 5.74) is 0.124. The molecule has 0 saturated carbocycles. The second-order valence-corrected chi connectivity index (χ2v) is 2.71. The van der Waals surface area contributed by atoms with E-state index in [2.05, 4.69) is 14.4 Å². The Hall–Kier alpha value is -2.04. The number of aromatic amines is 1. The van der Waals surface area contributed by atoms with Gasteiger partial charge in [0.1, 0.15) is 5.39 Å². The van der Waals surface area contributed by atoms with Crippen molar-refractivity contribution in [1.29, 1.82) is 0 Å². The van der Waals surface area contributed by atoms with E-state index in [0.29, 0.717) is 5.52 Å². The number of methoxy groups -OCH3 is 1. The predicted molar refractivity (Wildman–Crippen MR) is 48.2 cm³/mol. The van der Waals surface area contributed by atoms with Crippen molar-refractivity contribution < 1.29 is 14.1 Å². The summed E-state index contributed by atoms with van der Waals surface area (Å²) in [5.74, 6) is -0.553. The molecule has 0 aliphatic heterocycles. The molecule has 0 aliphatic carbocycles. The van der Waals surface area contributed by atoms with Crippen molar-refractivity contribution in [2.24, 2.45) is 0 Å². The van der Waals surface area contributed by atoms with Gasteiger partial charge < -0.3 is 9.26 Å². The van der Waals surface area contributed by atoms with Gasteiger partial charge in [0, 0.05) is 0 Å². The number of benzene rings is 1. The summed E-state index contributed by atoms with van der Waals surface area (Å²) in [7, 11) is 1.26. The fourth-order valence-electron chi connectivity index (χ4n) is 1.29. The molecule has 2 rings (SSSR count). The molecule has 0 amide bonds. The smallest absolute Gasteiger partial charge is 0.365 e. The lowest BCUT2D eigenvalue weighted by Gasteiger charge is -1.97. The maximum absolute atomic E-state index is 11.3. The number of carbonyl (C=O) groups excluding carboxylic acids is 1. The first-order valence-corrected chi connectivity index (χ1v) is 3.92. The molecule has 5 nitrogen and oxygen atoms in total. The average Bonchev–Trinajstić information content (AvgIpc) is 2.59. The Morgan fingerprint density at radius 1 is 1.50 bits per heavy atom. The van der Waals surface area contributed by atoms with Crippen LogP contribution in [0.5, 0.6) is 0 Å². The predicted octanol–water partition coefficient (Wildman–Crippen LogP) is 0.908. The first-order chi connectivity index (χ1) is 6.74. The number of hydrogen-bond donors (Lipinski definition) is 1. The van der Waals surface area contributed by atoms with Gasteiger partial charge in [-0.1, -0.05) is 6.07 Å². The molecule has 0 saturated heterocycles. The van der Waals surface area contributed by atoms with Crippen molar-refractivity contribution in [2.45, 2.75) is 0 Å². The molecule has 1 aromatic carbocycles. The largest absolute Gasteiger partial charge is 0.465 e. The van der Waals surface area contributed by atoms with Gasteiger partial charge in [0.2, 0.25) is 0 Å². The van der Waals surface area contributed by atoms with Gasteiger partial charge in [-0.15, -0.1) is 0 Å². The second kappa shape index (κ2) is 3.02. The maximum Gasteiger partial charge on any atom is 0.365 e. The Morgan fingerprint density at radius 2 is 2.29 bits per heavy atom. The van der Waals surface area contributed by atoms with Gasteiger partial charge in [-0.3, -0.25) is 0 Å².